The number of rotatable bonds is 5. The molecule has 7 nitrogen and oxygen atoms in total. The van der Waals surface area contributed by atoms with Crippen LogP contribution in [-0.4, -0.2) is 47.0 Å². The maximum absolute atomic E-state index is 13.4. The molecular formula is C23H26FN5O2. The number of aromatic nitrogens is 2. The van der Waals surface area contributed by atoms with Gasteiger partial charge in [0.1, 0.15) is 17.7 Å². The molecule has 31 heavy (non-hydrogen) atoms. The maximum atomic E-state index is 13.4. The smallest absolute Gasteiger partial charge is 0.323 e. The molecule has 0 spiro atoms. The minimum Gasteiger partial charge on any atom is -0.490 e. The Bertz CT molecular complexity index is 1060. The van der Waals surface area contributed by atoms with E-state index in [0.29, 0.717) is 11.4 Å². The van der Waals surface area contributed by atoms with Crippen molar-refractivity contribution in [3.8, 4) is 17.0 Å². The number of urea groups is 1. The summed E-state index contributed by atoms with van der Waals surface area (Å²) in [5, 5.41) is 9.71. The average molecular weight is 423 g/mol. The van der Waals surface area contributed by atoms with Gasteiger partial charge in [0.05, 0.1) is 5.69 Å². The van der Waals surface area contributed by atoms with Gasteiger partial charge in [-0.05, 0) is 62.4 Å². The number of aryl methyl sites for hydroxylation is 1. The number of carbonyl (C=O) groups excluding carboxylic acids is 1. The second-order valence-corrected chi connectivity index (χ2v) is 7.76. The summed E-state index contributed by atoms with van der Waals surface area (Å²) in [5.41, 5.74) is 2.71. The van der Waals surface area contributed by atoms with E-state index >= 15 is 0 Å². The zero-order valence-electron chi connectivity index (χ0n) is 17.6. The Morgan fingerprint density at radius 2 is 1.81 bits per heavy atom. The van der Waals surface area contributed by atoms with E-state index in [1.54, 1.807) is 29.1 Å². The van der Waals surface area contributed by atoms with Crippen molar-refractivity contribution in [1.29, 1.82) is 0 Å². The van der Waals surface area contributed by atoms with E-state index in [0.717, 1.165) is 42.9 Å². The predicted octanol–water partition coefficient (Wildman–Crippen LogP) is 4.34. The van der Waals surface area contributed by atoms with Crippen LogP contribution in [0.5, 0.6) is 5.75 Å². The third kappa shape index (κ3) is 5.21. The van der Waals surface area contributed by atoms with E-state index in [1.807, 2.05) is 25.2 Å². The molecular weight excluding hydrogens is 397 g/mol. The van der Waals surface area contributed by atoms with Crippen LogP contribution in [-0.2, 0) is 7.05 Å². The van der Waals surface area contributed by atoms with Crippen molar-refractivity contribution in [2.75, 3.05) is 30.8 Å². The molecule has 0 radical (unpaired) electrons. The Morgan fingerprint density at radius 1 is 1.06 bits per heavy atom. The molecule has 1 fully saturated rings. The van der Waals surface area contributed by atoms with Crippen LogP contribution < -0.4 is 15.4 Å². The topological polar surface area (TPSA) is 71.4 Å². The number of piperidine rings is 1. The molecule has 2 heterocycles. The van der Waals surface area contributed by atoms with Crippen LogP contribution in [0.3, 0.4) is 0 Å². The van der Waals surface area contributed by atoms with E-state index in [-0.39, 0.29) is 6.10 Å². The van der Waals surface area contributed by atoms with Crippen LogP contribution in [0.4, 0.5) is 20.6 Å². The summed E-state index contributed by atoms with van der Waals surface area (Å²) in [5.74, 6) is 0.348. The third-order valence-corrected chi connectivity index (χ3v) is 5.38. The summed E-state index contributed by atoms with van der Waals surface area (Å²) in [7, 11) is 3.98. The number of hydrogen-bond acceptors (Lipinski definition) is 4. The zero-order chi connectivity index (χ0) is 21.8. The predicted molar refractivity (Wildman–Crippen MR) is 119 cm³/mol. The number of hydrogen-bond donors (Lipinski definition) is 2. The molecule has 1 saturated heterocycles. The van der Waals surface area contributed by atoms with Gasteiger partial charge in [0.2, 0.25) is 0 Å². The Hall–Kier alpha value is -3.39. The fourth-order valence-corrected chi connectivity index (χ4v) is 3.69. The highest BCUT2D eigenvalue weighted by Gasteiger charge is 2.21. The highest BCUT2D eigenvalue weighted by Crippen LogP contribution is 2.34. The summed E-state index contributed by atoms with van der Waals surface area (Å²) < 4.78 is 21.5. The fraction of sp³-hybridized carbons (Fsp3) is 0.304. The van der Waals surface area contributed by atoms with Crippen molar-refractivity contribution >= 4 is 17.4 Å². The summed E-state index contributed by atoms with van der Waals surface area (Å²) in [4.78, 5) is 14.7. The molecule has 3 aromatic rings. The average Bonchev–Trinajstić information content (AvgIpc) is 3.16. The van der Waals surface area contributed by atoms with Crippen LogP contribution >= 0.6 is 0 Å². The normalized spacial score (nSPS) is 14.9. The first-order valence-corrected chi connectivity index (χ1v) is 10.3. The minimum absolute atomic E-state index is 0.151. The van der Waals surface area contributed by atoms with Gasteiger partial charge in [-0.1, -0.05) is 6.07 Å². The van der Waals surface area contributed by atoms with Gasteiger partial charge in [-0.2, -0.15) is 5.10 Å². The summed E-state index contributed by atoms with van der Waals surface area (Å²) in [6, 6.07) is 12.8. The van der Waals surface area contributed by atoms with Gasteiger partial charge in [-0.3, -0.25) is 4.68 Å². The van der Waals surface area contributed by atoms with E-state index < -0.39 is 11.8 Å². The lowest BCUT2D eigenvalue weighted by Crippen LogP contribution is -2.35. The van der Waals surface area contributed by atoms with Crippen LogP contribution in [0.1, 0.15) is 12.8 Å². The molecule has 1 aliphatic heterocycles. The Balaban J connectivity index is 1.54. The van der Waals surface area contributed by atoms with Crippen LogP contribution in [0.2, 0.25) is 0 Å². The highest BCUT2D eigenvalue weighted by atomic mass is 19.1. The standard InChI is InChI=1S/C23H26FN5O2/c1-28-12-9-19(10-13-28)31-22-7-6-18(15-20(22)21-8-11-25-29(21)2)27-23(30)26-17-5-3-4-16(24)14-17/h3-8,11,14-15,19H,9-10,12-13H2,1-2H3,(H2,26,27,30). The van der Waals surface area contributed by atoms with Crippen molar-refractivity contribution in [2.24, 2.45) is 7.05 Å². The molecule has 0 bridgehead atoms. The fourth-order valence-electron chi connectivity index (χ4n) is 3.69. The van der Waals surface area contributed by atoms with Gasteiger partial charge in [0, 0.05) is 43.3 Å². The largest absolute Gasteiger partial charge is 0.490 e. The van der Waals surface area contributed by atoms with Gasteiger partial charge in [0.25, 0.3) is 0 Å². The van der Waals surface area contributed by atoms with Crippen LogP contribution in [0.25, 0.3) is 11.3 Å². The highest BCUT2D eigenvalue weighted by molar-refractivity contribution is 6.00. The van der Waals surface area contributed by atoms with Crippen molar-refractivity contribution in [1.82, 2.24) is 14.7 Å². The van der Waals surface area contributed by atoms with Crippen LogP contribution in [0, 0.1) is 5.82 Å². The molecule has 0 aliphatic carbocycles. The second kappa shape index (κ2) is 9.18. The summed E-state index contributed by atoms with van der Waals surface area (Å²) in [6.07, 6.45) is 3.82. The van der Waals surface area contributed by atoms with E-state index in [1.165, 1.54) is 12.1 Å². The van der Waals surface area contributed by atoms with Crippen molar-refractivity contribution in [3.05, 3.63) is 60.5 Å². The van der Waals surface area contributed by atoms with Gasteiger partial charge in [-0.25, -0.2) is 9.18 Å². The first-order chi connectivity index (χ1) is 15.0. The van der Waals surface area contributed by atoms with E-state index in [9.17, 15) is 9.18 Å². The monoisotopic (exact) mass is 423 g/mol. The second-order valence-electron chi connectivity index (χ2n) is 7.76. The number of amides is 2. The zero-order valence-corrected chi connectivity index (χ0v) is 17.6. The Labute approximate surface area is 180 Å². The first-order valence-electron chi connectivity index (χ1n) is 10.3. The number of benzene rings is 2. The first kappa shape index (κ1) is 20.9. The summed E-state index contributed by atoms with van der Waals surface area (Å²) >= 11 is 0. The van der Waals surface area contributed by atoms with Gasteiger partial charge in [-0.15, -0.1) is 0 Å². The van der Waals surface area contributed by atoms with Crippen molar-refractivity contribution in [3.63, 3.8) is 0 Å². The molecule has 0 unspecified atom stereocenters. The van der Waals surface area contributed by atoms with Gasteiger partial charge >= 0.3 is 6.03 Å². The van der Waals surface area contributed by atoms with Crippen LogP contribution in [0.15, 0.2) is 54.7 Å². The number of likely N-dealkylation sites (tertiary alicyclic amines) is 1. The number of anilines is 2. The Morgan fingerprint density at radius 3 is 2.48 bits per heavy atom. The van der Waals surface area contributed by atoms with Gasteiger partial charge < -0.3 is 20.3 Å². The SMILES string of the molecule is CN1CCC(Oc2ccc(NC(=O)Nc3cccc(F)c3)cc2-c2ccnn2C)CC1. The molecule has 2 aromatic carbocycles. The third-order valence-electron chi connectivity index (χ3n) is 5.38. The lowest BCUT2D eigenvalue weighted by Gasteiger charge is -2.30. The molecule has 1 aliphatic rings. The molecule has 1 aromatic heterocycles. The lowest BCUT2D eigenvalue weighted by molar-refractivity contribution is 0.115. The minimum atomic E-state index is -0.453. The number of nitrogens with one attached hydrogen (secondary N) is 2. The molecule has 0 saturated carbocycles. The van der Waals surface area contributed by atoms with Gasteiger partial charge in [0.15, 0.2) is 0 Å². The van der Waals surface area contributed by atoms with E-state index in [2.05, 4.69) is 27.7 Å². The number of nitrogens with zero attached hydrogens (tertiary/aromatic N) is 3. The van der Waals surface area contributed by atoms with Crippen molar-refractivity contribution < 1.29 is 13.9 Å². The molecule has 2 N–H and O–H groups in total. The van der Waals surface area contributed by atoms with E-state index in [4.69, 9.17) is 4.74 Å². The number of carbonyl (C=O) groups is 1. The molecule has 2 amide bonds. The Kier molecular flexibility index (Phi) is 6.18. The number of ether oxygens (including phenoxy) is 1. The van der Waals surface area contributed by atoms with Crippen molar-refractivity contribution in [2.45, 2.75) is 18.9 Å². The summed E-state index contributed by atoms with van der Waals surface area (Å²) in [6.45, 7) is 2.01. The molecule has 162 valence electrons. The molecule has 0 atom stereocenters. The number of halogens is 1. The molecule has 4 rings (SSSR count). The molecule has 8 heteroatoms. The quantitative estimate of drug-likeness (QED) is 0.640. The maximum Gasteiger partial charge on any atom is 0.323 e. The lowest BCUT2D eigenvalue weighted by atomic mass is 10.1.